The molecule has 5 rings (SSSR count). The molecule has 0 bridgehead atoms. The zero-order chi connectivity index (χ0) is 20.3. The minimum absolute atomic E-state index is 0.522. The first kappa shape index (κ1) is 19.0. The van der Waals surface area contributed by atoms with Crippen molar-refractivity contribution in [3.63, 3.8) is 0 Å². The van der Waals surface area contributed by atoms with Gasteiger partial charge in [-0.15, -0.1) is 10.2 Å². The molecule has 0 radical (unpaired) electrons. The molecule has 5 aromatic rings. The van der Waals surface area contributed by atoms with Gasteiger partial charge in [-0.05, 0) is 30.3 Å². The molecule has 146 valence electrons. The summed E-state index contributed by atoms with van der Waals surface area (Å²) in [6, 6.07) is 25.8. The van der Waals surface area contributed by atoms with Crippen molar-refractivity contribution in [2.24, 2.45) is 0 Å². The van der Waals surface area contributed by atoms with Crippen LogP contribution in [0.3, 0.4) is 0 Å². The summed E-state index contributed by atoms with van der Waals surface area (Å²) in [5.41, 5.74) is 2.78. The van der Waals surface area contributed by atoms with Gasteiger partial charge in [-0.2, -0.15) is 0 Å². The van der Waals surface area contributed by atoms with Gasteiger partial charge in [-0.3, -0.25) is 0 Å². The number of hydrogen-bond acceptors (Lipinski definition) is 6. The number of benzene rings is 3. The van der Waals surface area contributed by atoms with Crippen molar-refractivity contribution in [1.82, 2.24) is 20.2 Å². The van der Waals surface area contributed by atoms with Crippen molar-refractivity contribution in [3.05, 3.63) is 89.2 Å². The minimum atomic E-state index is 0.522. The second-order valence-corrected chi connectivity index (χ2v) is 8.41. The van der Waals surface area contributed by atoms with E-state index in [9.17, 15) is 0 Å². The van der Waals surface area contributed by atoms with E-state index in [-0.39, 0.29) is 0 Å². The van der Waals surface area contributed by atoms with Crippen LogP contribution in [0.4, 0.5) is 0 Å². The Balaban J connectivity index is 1.45. The molecule has 2 aromatic heterocycles. The number of thioether (sulfide) groups is 1. The smallest absolute Gasteiger partial charge is 0.247 e. The molecule has 5 nitrogen and oxygen atoms in total. The number of fused-ring (bicyclic) bond motifs is 1. The van der Waals surface area contributed by atoms with Crippen LogP contribution in [0.2, 0.25) is 0 Å². The summed E-state index contributed by atoms with van der Waals surface area (Å²) >= 11 is 5.04. The van der Waals surface area contributed by atoms with Crippen molar-refractivity contribution >= 4 is 38.6 Å². The number of aromatic nitrogens is 4. The number of hydrogen-bond donors (Lipinski definition) is 0. The van der Waals surface area contributed by atoms with E-state index in [4.69, 9.17) is 14.4 Å². The van der Waals surface area contributed by atoms with Gasteiger partial charge in [-0.1, -0.05) is 76.2 Å². The fourth-order valence-corrected chi connectivity index (χ4v) is 4.15. The van der Waals surface area contributed by atoms with Crippen molar-refractivity contribution in [2.45, 2.75) is 10.8 Å². The zero-order valence-electron chi connectivity index (χ0n) is 15.7. The van der Waals surface area contributed by atoms with Crippen LogP contribution in [0.5, 0.6) is 0 Å². The summed E-state index contributed by atoms with van der Waals surface area (Å²) < 4.78 is 6.86. The third-order valence-electron chi connectivity index (χ3n) is 4.49. The maximum Gasteiger partial charge on any atom is 0.247 e. The molecule has 0 N–H and O–H groups in total. The van der Waals surface area contributed by atoms with E-state index in [1.165, 1.54) is 0 Å². The van der Waals surface area contributed by atoms with Crippen molar-refractivity contribution in [3.8, 4) is 22.8 Å². The molecular weight excluding hydrogens is 460 g/mol. The van der Waals surface area contributed by atoms with Gasteiger partial charge in [0.15, 0.2) is 5.82 Å². The zero-order valence-corrected chi connectivity index (χ0v) is 18.1. The van der Waals surface area contributed by atoms with Crippen LogP contribution in [0, 0.1) is 0 Å². The first-order valence-electron chi connectivity index (χ1n) is 9.29. The Hall–Kier alpha value is -3.03. The molecule has 30 heavy (non-hydrogen) atoms. The third-order valence-corrected chi connectivity index (χ3v) is 6.00. The maximum absolute atomic E-state index is 5.84. The lowest BCUT2D eigenvalue weighted by atomic mass is 10.2. The van der Waals surface area contributed by atoms with Crippen molar-refractivity contribution in [2.75, 3.05) is 0 Å². The molecule has 0 saturated carbocycles. The summed E-state index contributed by atoms with van der Waals surface area (Å²) in [6.45, 7) is 0. The van der Waals surface area contributed by atoms with Gasteiger partial charge in [0.05, 0.1) is 11.3 Å². The summed E-state index contributed by atoms with van der Waals surface area (Å²) in [7, 11) is 0. The van der Waals surface area contributed by atoms with Crippen molar-refractivity contribution < 1.29 is 4.42 Å². The van der Waals surface area contributed by atoms with Crippen LogP contribution < -0.4 is 0 Å². The van der Waals surface area contributed by atoms with Gasteiger partial charge in [0.25, 0.3) is 0 Å². The Morgan fingerprint density at radius 2 is 1.53 bits per heavy atom. The number of nitrogens with zero attached hydrogens (tertiary/aromatic N) is 4. The van der Waals surface area contributed by atoms with Gasteiger partial charge in [0.1, 0.15) is 5.03 Å². The summed E-state index contributed by atoms with van der Waals surface area (Å²) in [6.07, 6.45) is 0. The van der Waals surface area contributed by atoms with E-state index in [1.54, 1.807) is 11.8 Å². The van der Waals surface area contributed by atoms with Crippen LogP contribution in [-0.4, -0.2) is 20.2 Å². The predicted molar refractivity (Wildman–Crippen MR) is 122 cm³/mol. The monoisotopic (exact) mass is 474 g/mol. The molecule has 0 aliphatic heterocycles. The maximum atomic E-state index is 5.84. The second-order valence-electron chi connectivity index (χ2n) is 6.53. The van der Waals surface area contributed by atoms with Gasteiger partial charge < -0.3 is 4.42 Å². The van der Waals surface area contributed by atoms with Crippen LogP contribution in [0.25, 0.3) is 33.7 Å². The van der Waals surface area contributed by atoms with E-state index in [0.29, 0.717) is 23.4 Å². The van der Waals surface area contributed by atoms with E-state index in [1.807, 2.05) is 78.9 Å². The first-order valence-corrected chi connectivity index (χ1v) is 11.1. The molecule has 0 unspecified atom stereocenters. The molecule has 0 spiro atoms. The number of halogens is 1. The number of rotatable bonds is 5. The summed E-state index contributed by atoms with van der Waals surface area (Å²) in [5.74, 6) is 2.31. The lowest BCUT2D eigenvalue weighted by Gasteiger charge is -2.08. The Kier molecular flexibility index (Phi) is 5.29. The fourth-order valence-electron chi connectivity index (χ4n) is 3.02. The average molecular weight is 475 g/mol. The lowest BCUT2D eigenvalue weighted by molar-refractivity contribution is 0.528. The molecule has 0 amide bonds. The molecular formula is C23H15BrN4OS. The molecule has 7 heteroatoms. The summed E-state index contributed by atoms with van der Waals surface area (Å²) in [4.78, 5) is 9.57. The third kappa shape index (κ3) is 3.99. The normalized spacial score (nSPS) is 11.1. The van der Waals surface area contributed by atoms with E-state index >= 15 is 0 Å². The number of para-hydroxylation sites is 1. The molecule has 0 saturated heterocycles. The molecule has 0 aliphatic carbocycles. The highest BCUT2D eigenvalue weighted by molar-refractivity contribution is 9.10. The Bertz CT molecular complexity index is 1310. The topological polar surface area (TPSA) is 64.7 Å². The molecule has 0 aliphatic rings. The van der Waals surface area contributed by atoms with Crippen LogP contribution in [0.15, 0.2) is 92.8 Å². The van der Waals surface area contributed by atoms with Gasteiger partial charge in [-0.25, -0.2) is 9.97 Å². The summed E-state index contributed by atoms with van der Waals surface area (Å²) in [5, 5.41) is 10.3. The van der Waals surface area contributed by atoms with Crippen LogP contribution in [-0.2, 0) is 5.75 Å². The Morgan fingerprint density at radius 1 is 0.767 bits per heavy atom. The van der Waals surface area contributed by atoms with E-state index in [2.05, 4.69) is 26.1 Å². The highest BCUT2D eigenvalue weighted by Gasteiger charge is 2.13. The molecule has 3 aromatic carbocycles. The predicted octanol–water partition coefficient (Wildman–Crippen LogP) is 6.40. The Morgan fingerprint density at radius 3 is 2.37 bits per heavy atom. The van der Waals surface area contributed by atoms with Crippen LogP contribution in [0.1, 0.15) is 5.89 Å². The second kappa shape index (κ2) is 8.38. The largest absolute Gasteiger partial charge is 0.420 e. The highest BCUT2D eigenvalue weighted by Crippen LogP contribution is 2.31. The molecule has 0 atom stereocenters. The highest BCUT2D eigenvalue weighted by atomic mass is 79.9. The van der Waals surface area contributed by atoms with Gasteiger partial charge in [0.2, 0.25) is 11.8 Å². The van der Waals surface area contributed by atoms with Gasteiger partial charge >= 0.3 is 0 Å². The van der Waals surface area contributed by atoms with Gasteiger partial charge in [0, 0.05) is 21.0 Å². The first-order chi connectivity index (χ1) is 14.8. The van der Waals surface area contributed by atoms with Crippen molar-refractivity contribution in [1.29, 1.82) is 0 Å². The van der Waals surface area contributed by atoms with E-state index < -0.39 is 0 Å². The Labute approximate surface area is 185 Å². The van der Waals surface area contributed by atoms with Crippen LogP contribution >= 0.6 is 27.7 Å². The minimum Gasteiger partial charge on any atom is -0.420 e. The SMILES string of the molecule is Brc1ccc(-c2nc(SCc3nnc(-c4ccccc4)o3)c3ccccc3n2)cc1. The molecule has 0 fully saturated rings. The molecule has 2 heterocycles. The quantitative estimate of drug-likeness (QED) is 0.217. The fraction of sp³-hybridized carbons (Fsp3) is 0.0435. The lowest BCUT2D eigenvalue weighted by Crippen LogP contribution is -1.94. The average Bonchev–Trinajstić information content (AvgIpc) is 3.27. The standard InChI is InChI=1S/C23H15BrN4OS/c24-17-12-10-15(11-13-17)21-25-19-9-5-4-8-18(19)23(26-21)30-14-20-27-28-22(29-20)16-6-2-1-3-7-16/h1-13H,14H2. The van der Waals surface area contributed by atoms with E-state index in [0.717, 1.165) is 31.5 Å².